The fourth-order valence-electron chi connectivity index (χ4n) is 1.67. The number of hydrogen-bond donors (Lipinski definition) is 0. The van der Waals surface area contributed by atoms with Crippen LogP contribution in [0.25, 0.3) is 0 Å². The number of hydrogen-bond acceptors (Lipinski definition) is 4. The number of benzene rings is 2. The van der Waals surface area contributed by atoms with Crippen molar-refractivity contribution in [2.45, 2.75) is 11.8 Å². The summed E-state index contributed by atoms with van der Waals surface area (Å²) in [6.07, 6.45) is 0. The second kappa shape index (κ2) is 5.50. The van der Waals surface area contributed by atoms with E-state index in [1.807, 2.05) is 0 Å². The Balaban J connectivity index is 2.30. The molecule has 0 atom stereocenters. The van der Waals surface area contributed by atoms with Gasteiger partial charge in [-0.1, -0.05) is 0 Å². The summed E-state index contributed by atoms with van der Waals surface area (Å²) in [6.45, 7) is 1.73. The Bertz CT molecular complexity index is 708. The predicted molar refractivity (Wildman–Crippen MR) is 71.9 cm³/mol. The van der Waals surface area contributed by atoms with Gasteiger partial charge in [-0.3, -0.25) is 0 Å². The van der Waals surface area contributed by atoms with E-state index in [1.165, 1.54) is 31.4 Å². The number of halogens is 1. The molecule has 0 fully saturated rings. The summed E-state index contributed by atoms with van der Waals surface area (Å²) in [5.74, 6) is 0.181. The summed E-state index contributed by atoms with van der Waals surface area (Å²) in [7, 11) is -2.45. The zero-order chi connectivity index (χ0) is 14.8. The van der Waals surface area contributed by atoms with E-state index >= 15 is 0 Å². The topological polar surface area (TPSA) is 52.6 Å². The third-order valence-corrected chi connectivity index (χ3v) is 3.92. The normalized spacial score (nSPS) is 11.2. The summed E-state index contributed by atoms with van der Waals surface area (Å²) >= 11 is 0. The Labute approximate surface area is 116 Å². The van der Waals surface area contributed by atoms with Crippen LogP contribution in [0.3, 0.4) is 0 Å². The zero-order valence-electron chi connectivity index (χ0n) is 11.0. The molecule has 0 spiro atoms. The Hall–Kier alpha value is -2.08. The highest BCUT2D eigenvalue weighted by atomic mass is 32.2. The largest absolute Gasteiger partial charge is 0.496 e. The van der Waals surface area contributed by atoms with Gasteiger partial charge in [0.1, 0.15) is 22.2 Å². The molecule has 0 N–H and O–H groups in total. The summed E-state index contributed by atoms with van der Waals surface area (Å²) in [4.78, 5) is 0.0140. The number of rotatable bonds is 4. The molecule has 2 aromatic rings. The molecule has 0 saturated heterocycles. The SMILES string of the molecule is COc1ccc(S(=O)(=O)Oc2ccc(F)cc2)cc1C. The molecule has 0 aliphatic carbocycles. The van der Waals surface area contributed by atoms with Crippen molar-refractivity contribution in [1.82, 2.24) is 0 Å². The third kappa shape index (κ3) is 3.08. The van der Waals surface area contributed by atoms with E-state index in [4.69, 9.17) is 8.92 Å². The van der Waals surface area contributed by atoms with E-state index in [-0.39, 0.29) is 10.6 Å². The minimum atomic E-state index is -3.95. The van der Waals surface area contributed by atoms with Crippen LogP contribution in [0.2, 0.25) is 0 Å². The third-order valence-electron chi connectivity index (χ3n) is 2.67. The van der Waals surface area contributed by atoms with Gasteiger partial charge in [0, 0.05) is 0 Å². The van der Waals surface area contributed by atoms with Crippen LogP contribution in [0.1, 0.15) is 5.56 Å². The highest BCUT2D eigenvalue weighted by molar-refractivity contribution is 7.87. The second-order valence-electron chi connectivity index (χ2n) is 4.12. The Kier molecular flexibility index (Phi) is 3.94. The minimum absolute atomic E-state index is 0.0140. The van der Waals surface area contributed by atoms with Gasteiger partial charge in [-0.25, -0.2) is 4.39 Å². The molecule has 0 aliphatic heterocycles. The molecule has 2 rings (SSSR count). The quantitative estimate of drug-likeness (QED) is 0.814. The standard InChI is InChI=1S/C14H13FO4S/c1-10-9-13(7-8-14(10)18-2)20(16,17)19-12-5-3-11(15)4-6-12/h3-9H,1-2H3. The van der Waals surface area contributed by atoms with Crippen LogP contribution in [-0.4, -0.2) is 15.5 Å². The van der Waals surface area contributed by atoms with E-state index in [1.54, 1.807) is 13.0 Å². The number of aryl methyl sites for hydroxylation is 1. The number of methoxy groups -OCH3 is 1. The fourth-order valence-corrected chi connectivity index (χ4v) is 2.69. The maximum absolute atomic E-state index is 12.8. The van der Waals surface area contributed by atoms with Crippen LogP contribution >= 0.6 is 0 Å². The highest BCUT2D eigenvalue weighted by Gasteiger charge is 2.17. The van der Waals surface area contributed by atoms with Crippen molar-refractivity contribution in [1.29, 1.82) is 0 Å². The molecule has 0 amide bonds. The first-order chi connectivity index (χ1) is 9.42. The Morgan fingerprint density at radius 1 is 1.05 bits per heavy atom. The van der Waals surface area contributed by atoms with Crippen molar-refractivity contribution in [3.63, 3.8) is 0 Å². The number of ether oxygens (including phenoxy) is 1. The first-order valence-electron chi connectivity index (χ1n) is 5.77. The van der Waals surface area contributed by atoms with E-state index in [0.29, 0.717) is 11.3 Å². The van der Waals surface area contributed by atoms with Crippen LogP contribution in [0, 0.1) is 12.7 Å². The van der Waals surface area contributed by atoms with E-state index in [2.05, 4.69) is 0 Å². The van der Waals surface area contributed by atoms with Crippen molar-refractivity contribution >= 4 is 10.1 Å². The monoisotopic (exact) mass is 296 g/mol. The minimum Gasteiger partial charge on any atom is -0.496 e. The molecule has 0 heterocycles. The lowest BCUT2D eigenvalue weighted by atomic mass is 10.2. The molecule has 4 nitrogen and oxygen atoms in total. The molecular weight excluding hydrogens is 283 g/mol. The van der Waals surface area contributed by atoms with Crippen molar-refractivity contribution < 1.29 is 21.7 Å². The second-order valence-corrected chi connectivity index (χ2v) is 5.67. The average molecular weight is 296 g/mol. The summed E-state index contributed by atoms with van der Waals surface area (Å²) in [6, 6.07) is 9.17. The average Bonchev–Trinajstić information content (AvgIpc) is 2.41. The van der Waals surface area contributed by atoms with Crippen molar-refractivity contribution in [3.8, 4) is 11.5 Å². The van der Waals surface area contributed by atoms with Crippen molar-refractivity contribution in [2.75, 3.05) is 7.11 Å². The van der Waals surface area contributed by atoms with Gasteiger partial charge in [-0.2, -0.15) is 8.42 Å². The summed E-state index contributed by atoms with van der Waals surface area (Å²) in [5.41, 5.74) is 0.677. The molecule has 0 radical (unpaired) electrons. The van der Waals surface area contributed by atoms with Gasteiger partial charge < -0.3 is 8.92 Å². The molecule has 0 saturated carbocycles. The van der Waals surface area contributed by atoms with Gasteiger partial charge in [0.15, 0.2) is 0 Å². The van der Waals surface area contributed by atoms with Gasteiger partial charge in [0.2, 0.25) is 0 Å². The molecule has 106 valence electrons. The molecule has 0 aliphatic rings. The van der Waals surface area contributed by atoms with E-state index in [0.717, 1.165) is 12.1 Å². The van der Waals surface area contributed by atoms with Crippen LogP contribution in [0.5, 0.6) is 11.5 Å². The molecule has 6 heteroatoms. The molecule has 0 bridgehead atoms. The summed E-state index contributed by atoms with van der Waals surface area (Å²) < 4.78 is 46.9. The van der Waals surface area contributed by atoms with Gasteiger partial charge in [0.05, 0.1) is 7.11 Å². The van der Waals surface area contributed by atoms with Gasteiger partial charge in [-0.05, 0) is 55.0 Å². The maximum atomic E-state index is 12.8. The van der Waals surface area contributed by atoms with E-state index in [9.17, 15) is 12.8 Å². The molecule has 0 aromatic heterocycles. The fraction of sp³-hybridized carbons (Fsp3) is 0.143. The van der Waals surface area contributed by atoms with E-state index < -0.39 is 15.9 Å². The van der Waals surface area contributed by atoms with Gasteiger partial charge in [0.25, 0.3) is 0 Å². The molecular formula is C14H13FO4S. The van der Waals surface area contributed by atoms with Crippen LogP contribution in [0.15, 0.2) is 47.4 Å². The Morgan fingerprint density at radius 2 is 1.70 bits per heavy atom. The van der Waals surface area contributed by atoms with Crippen molar-refractivity contribution in [2.24, 2.45) is 0 Å². The smallest absolute Gasteiger partial charge is 0.339 e. The summed E-state index contributed by atoms with van der Waals surface area (Å²) in [5, 5.41) is 0. The highest BCUT2D eigenvalue weighted by Crippen LogP contribution is 2.24. The van der Waals surface area contributed by atoms with Crippen molar-refractivity contribution in [3.05, 3.63) is 53.8 Å². The van der Waals surface area contributed by atoms with Crippen LogP contribution < -0.4 is 8.92 Å². The first kappa shape index (κ1) is 14.3. The zero-order valence-corrected chi connectivity index (χ0v) is 11.8. The lowest BCUT2D eigenvalue weighted by Gasteiger charge is -2.09. The van der Waals surface area contributed by atoms with Crippen LogP contribution in [-0.2, 0) is 10.1 Å². The van der Waals surface area contributed by atoms with Gasteiger partial charge >= 0.3 is 10.1 Å². The maximum Gasteiger partial charge on any atom is 0.339 e. The lowest BCUT2D eigenvalue weighted by Crippen LogP contribution is -2.10. The van der Waals surface area contributed by atoms with Crippen LogP contribution in [0.4, 0.5) is 4.39 Å². The Morgan fingerprint density at radius 3 is 2.25 bits per heavy atom. The molecule has 2 aromatic carbocycles. The first-order valence-corrected chi connectivity index (χ1v) is 7.18. The predicted octanol–water partition coefficient (Wildman–Crippen LogP) is 2.91. The lowest BCUT2D eigenvalue weighted by molar-refractivity contribution is 0.411. The van der Waals surface area contributed by atoms with Gasteiger partial charge in [-0.15, -0.1) is 0 Å². The molecule has 20 heavy (non-hydrogen) atoms. The molecule has 0 unspecified atom stereocenters.